The Labute approximate surface area is 714 Å². The van der Waals surface area contributed by atoms with Gasteiger partial charge in [0.15, 0.2) is 28.8 Å². The van der Waals surface area contributed by atoms with E-state index in [9.17, 15) is 53.1 Å². The lowest BCUT2D eigenvalue weighted by molar-refractivity contribution is -0.389. The maximum Gasteiger partial charge on any atom is 0.356 e. The first-order valence-corrected chi connectivity index (χ1v) is 39.7. The largest absolute Gasteiger partial charge is 0.494 e. The quantitative estimate of drug-likeness (QED) is 0.00716. The van der Waals surface area contributed by atoms with Crippen molar-refractivity contribution >= 4 is 122 Å². The number of carbonyl (C=O) groups is 10. The SMILES string of the molecule is CC(=O)OC(C)=O.CCO/C(=C1/C(=O)N(C(C)=O)c2nc(C(=O)OC)ccc21)c1ccccc1.CCOC(OCC)(OCC)c1ccccc1.CN1CCN(CC(=O)N(C)c2ccc(N)cc2)CC1.COC(=O)c1ccc2c(C(=Nc3ccc(N(C)C(=O)CN4CCN(C)CC4)cc3)c3ccccc3)c(O)[nH]c2n1.COC(=O)c1ccc2c(n1)NC(=O)C2. The zero-order valence-electron chi connectivity index (χ0n) is 71.6. The van der Waals surface area contributed by atoms with Crippen LogP contribution in [0.3, 0.4) is 0 Å². The van der Waals surface area contributed by atoms with Crippen LogP contribution in [0, 0.1) is 0 Å². The van der Waals surface area contributed by atoms with E-state index in [2.05, 4.69) is 73.2 Å². The summed E-state index contributed by atoms with van der Waals surface area (Å²) in [6.45, 7) is 21.7. The van der Waals surface area contributed by atoms with Crippen LogP contribution in [-0.2, 0) is 83.9 Å². The molecule has 650 valence electrons. The molecule has 4 aromatic heterocycles. The lowest BCUT2D eigenvalue weighted by Crippen LogP contribution is -2.48. The Morgan fingerprint density at radius 3 is 1.46 bits per heavy atom. The molecule has 5 amide bonds. The fourth-order valence-corrected chi connectivity index (χ4v) is 12.8. The number of hydrogen-bond donors (Lipinski definition) is 4. The number of carbonyl (C=O) groups excluding carboxylic acids is 10. The van der Waals surface area contributed by atoms with Gasteiger partial charge in [0.2, 0.25) is 23.6 Å². The number of aromatic amines is 1. The van der Waals surface area contributed by atoms with Gasteiger partial charge in [-0.05, 0) is 121 Å². The molecule has 0 radical (unpaired) electrons. The molecule has 0 spiro atoms. The summed E-state index contributed by atoms with van der Waals surface area (Å²) < 4.78 is 40.6. The molecule has 5 aromatic carbocycles. The Morgan fingerprint density at radius 1 is 0.545 bits per heavy atom. The van der Waals surface area contributed by atoms with Crippen LogP contribution in [0.15, 0.2) is 181 Å². The molecule has 9 aromatic rings. The number of pyridine rings is 3. The number of imide groups is 1. The number of H-pyrrole nitrogens is 1. The van der Waals surface area contributed by atoms with Gasteiger partial charge in [0.05, 0.1) is 70.0 Å². The fourth-order valence-electron chi connectivity index (χ4n) is 12.8. The third-order valence-electron chi connectivity index (χ3n) is 19.2. The zero-order valence-corrected chi connectivity index (χ0v) is 71.6. The number of methoxy groups -OCH3 is 3. The van der Waals surface area contributed by atoms with Gasteiger partial charge < -0.3 is 78.6 Å². The predicted octanol–water partition coefficient (Wildman–Crippen LogP) is 9.94. The molecule has 8 heterocycles. The first-order valence-electron chi connectivity index (χ1n) is 39.7. The molecule has 4 aliphatic rings. The molecule has 0 unspecified atom stereocenters. The molecule has 13 rings (SSSR count). The maximum atomic E-state index is 13.1. The van der Waals surface area contributed by atoms with Crippen LogP contribution >= 0.6 is 0 Å². The lowest BCUT2D eigenvalue weighted by atomic mass is 10.0. The summed E-state index contributed by atoms with van der Waals surface area (Å²) in [5.41, 5.74) is 14.2. The van der Waals surface area contributed by atoms with Crippen molar-refractivity contribution in [3.8, 4) is 5.88 Å². The van der Waals surface area contributed by atoms with Crippen molar-refractivity contribution in [1.82, 2.24) is 39.5 Å². The number of benzene rings is 5. The lowest BCUT2D eigenvalue weighted by Gasteiger charge is -2.32. The van der Waals surface area contributed by atoms with Gasteiger partial charge in [-0.3, -0.25) is 43.4 Å². The average Bonchev–Trinajstić information content (AvgIpc) is 1.59. The number of hydrogen-bond acceptors (Lipinski definition) is 28. The van der Waals surface area contributed by atoms with Gasteiger partial charge in [-0.15, -0.1) is 0 Å². The van der Waals surface area contributed by atoms with Gasteiger partial charge in [-0.1, -0.05) is 97.1 Å². The number of nitrogen functional groups attached to an aromatic ring is 1. The number of aliphatic imine (C=N–C) groups is 1. The van der Waals surface area contributed by atoms with E-state index in [1.54, 1.807) is 47.2 Å². The van der Waals surface area contributed by atoms with E-state index in [-0.39, 0.29) is 52.1 Å². The highest BCUT2D eigenvalue weighted by molar-refractivity contribution is 6.42. The van der Waals surface area contributed by atoms with Gasteiger partial charge in [0.25, 0.3) is 5.91 Å². The number of nitrogens with zero attached hydrogens (tertiary/aromatic N) is 11. The van der Waals surface area contributed by atoms with Crippen LogP contribution in [0.2, 0.25) is 0 Å². The molecule has 0 bridgehead atoms. The van der Waals surface area contributed by atoms with E-state index in [1.165, 1.54) is 48.2 Å². The van der Waals surface area contributed by atoms with Crippen molar-refractivity contribution in [2.75, 3.05) is 167 Å². The van der Waals surface area contributed by atoms with Gasteiger partial charge in [-0.25, -0.2) is 39.2 Å². The Balaban J connectivity index is 0.000000197. The van der Waals surface area contributed by atoms with E-state index in [4.69, 9.17) is 34.4 Å². The summed E-state index contributed by atoms with van der Waals surface area (Å²) in [4.78, 5) is 149. The third-order valence-corrected chi connectivity index (χ3v) is 19.2. The van der Waals surface area contributed by atoms with Gasteiger partial charge in [-0.2, -0.15) is 0 Å². The minimum Gasteiger partial charge on any atom is -0.494 e. The highest BCUT2D eigenvalue weighted by atomic mass is 16.9. The van der Waals surface area contributed by atoms with Crippen LogP contribution < -0.4 is 25.8 Å². The highest BCUT2D eigenvalue weighted by Crippen LogP contribution is 2.41. The van der Waals surface area contributed by atoms with Crippen LogP contribution in [0.5, 0.6) is 5.88 Å². The molecule has 123 heavy (non-hydrogen) atoms. The Bertz CT molecular complexity index is 5160. The highest BCUT2D eigenvalue weighted by Gasteiger charge is 2.41. The fraction of sp³-hybridized carbons (Fsp3) is 0.333. The van der Waals surface area contributed by atoms with E-state index in [0.717, 1.165) is 85.3 Å². The average molecular weight is 1690 g/mol. The molecule has 0 atom stereocenters. The molecule has 2 fully saturated rings. The second-order valence-corrected chi connectivity index (χ2v) is 27.9. The number of nitrogens with two attached hydrogens (primary N) is 1. The number of likely N-dealkylation sites (N-methyl/N-ethyl adjacent to an activating group) is 4. The minimum absolute atomic E-state index is 0.00854. The van der Waals surface area contributed by atoms with E-state index in [0.29, 0.717) is 102 Å². The number of aromatic nitrogens is 4. The number of aromatic hydroxyl groups is 1. The monoisotopic (exact) mass is 1690 g/mol. The molecular weight excluding hydrogens is 1580 g/mol. The van der Waals surface area contributed by atoms with Crippen LogP contribution in [-0.4, -0.2) is 251 Å². The van der Waals surface area contributed by atoms with Crippen molar-refractivity contribution in [3.63, 3.8) is 0 Å². The summed E-state index contributed by atoms with van der Waals surface area (Å²) in [6, 6.07) is 52.7. The van der Waals surface area contributed by atoms with Gasteiger partial charge in [0, 0.05) is 157 Å². The third kappa shape index (κ3) is 26.4. The number of piperazine rings is 2. The number of rotatable bonds is 22. The second kappa shape index (κ2) is 46.5. The summed E-state index contributed by atoms with van der Waals surface area (Å²) in [7, 11) is 11.6. The van der Waals surface area contributed by atoms with Crippen molar-refractivity contribution in [1.29, 1.82) is 0 Å². The molecule has 4 aliphatic heterocycles. The van der Waals surface area contributed by atoms with Crippen molar-refractivity contribution in [2.24, 2.45) is 4.99 Å². The zero-order chi connectivity index (χ0) is 89.5. The van der Waals surface area contributed by atoms with Crippen LogP contribution in [0.25, 0.3) is 22.4 Å². The first kappa shape index (κ1) is 95.2. The summed E-state index contributed by atoms with van der Waals surface area (Å²) in [5.74, 6) is -4.10. The van der Waals surface area contributed by atoms with Crippen molar-refractivity contribution < 1.29 is 90.9 Å². The predicted molar refractivity (Wildman–Crippen MR) is 465 cm³/mol. The topological polar surface area (TPSA) is 392 Å². The Hall–Kier alpha value is -13.3. The molecule has 33 nitrogen and oxygen atoms in total. The maximum absolute atomic E-state index is 13.1. The number of esters is 5. The minimum atomic E-state index is -1.06. The van der Waals surface area contributed by atoms with E-state index >= 15 is 0 Å². The van der Waals surface area contributed by atoms with E-state index < -0.39 is 47.6 Å². The summed E-state index contributed by atoms with van der Waals surface area (Å²) in [5, 5.41) is 14.1. The Morgan fingerprint density at radius 2 is 1.00 bits per heavy atom. The van der Waals surface area contributed by atoms with E-state index in [1.807, 2.05) is 174 Å². The number of anilines is 5. The molecular formula is C90H106N14O19. The van der Waals surface area contributed by atoms with Crippen molar-refractivity contribution in [3.05, 3.63) is 226 Å². The normalized spacial score (nSPS) is 14.2. The molecule has 0 saturated carbocycles. The smallest absolute Gasteiger partial charge is 0.356 e. The number of nitrogens with one attached hydrogen (secondary N) is 2. The molecule has 33 heteroatoms. The van der Waals surface area contributed by atoms with Crippen molar-refractivity contribution in [2.45, 2.75) is 60.9 Å². The van der Waals surface area contributed by atoms with Crippen LogP contribution in [0.4, 0.5) is 34.4 Å². The number of ether oxygens (including phenoxy) is 8. The second-order valence-electron chi connectivity index (χ2n) is 27.9. The molecule has 5 N–H and O–H groups in total. The first-order chi connectivity index (χ1) is 59.0. The molecule has 0 aliphatic carbocycles. The van der Waals surface area contributed by atoms with Gasteiger partial charge in [0.1, 0.15) is 17.2 Å². The summed E-state index contributed by atoms with van der Waals surface area (Å²) >= 11 is 0. The standard InChI is InChI=1S/C30H32N6O4.C20H18N2O5.C14H22N4O.C13H20O3.C9H8N2O3.C4H6O3/c1-34-15-17-36(18-16-34)19-25(37)35(2)22-11-9-21(10-12-22)31-27(20-7-5-4-6-8-20)26-23-13-14-24(30(39)40-3)32-28(23)33-29(26)38;1-4-27-17(13-8-6-5-7-9-13)16-14-10-11-15(20(25)26-3)21-18(14)22(12(2)23)19(16)24;1-16-7-9-18(10-8-16)11-14(19)17(2)13-5-3-12(15)4-6-13;1-4-14-13(15-5-2,16-6-3)12-10-8-7-9-11-12;1-14-9(13)6-3-2-5-4-7(12)11-8(5)10-6;1-3(5)7-4(2)6/h4-14,38H,15-19H2,1-3H3,(H,32,33);5-11H,4H2,1-3H3;3-6H,7-11,15H2,1-2H3;7-11H,4-6H2,1-3H3;2-3H,4H2,1H3,(H,10,11,12);1-2H3/b;17-16+;;;;. The number of fused-ring (bicyclic) bond motifs is 3. The number of amides is 5. The Kier molecular flexibility index (Phi) is 36.0. The summed E-state index contributed by atoms with van der Waals surface area (Å²) in [6.07, 6.45) is 0.323. The molecule has 2 saturated heterocycles. The van der Waals surface area contributed by atoms with Gasteiger partial charge >= 0.3 is 35.8 Å². The van der Waals surface area contributed by atoms with Crippen LogP contribution in [0.1, 0.15) is 113 Å².